The van der Waals surface area contributed by atoms with Crippen LogP contribution in [0.3, 0.4) is 0 Å². The third-order valence-electron chi connectivity index (χ3n) is 4.25. The van der Waals surface area contributed by atoms with Gasteiger partial charge in [-0.15, -0.1) is 0 Å². The van der Waals surface area contributed by atoms with Crippen LogP contribution in [0.5, 0.6) is 0 Å². The number of hydrogen-bond donors (Lipinski definition) is 1. The van der Waals surface area contributed by atoms with E-state index in [4.69, 9.17) is 5.73 Å². The Morgan fingerprint density at radius 1 is 1.22 bits per heavy atom. The number of piperidine rings is 1. The Morgan fingerprint density at radius 3 is 2.78 bits per heavy atom. The topological polar surface area (TPSA) is 29.3 Å². The van der Waals surface area contributed by atoms with E-state index in [1.54, 1.807) is 0 Å². The summed E-state index contributed by atoms with van der Waals surface area (Å²) in [6.07, 6.45) is 2.98. The highest BCUT2D eigenvalue weighted by Crippen LogP contribution is 2.30. The fourth-order valence-corrected chi connectivity index (χ4v) is 3.12. The van der Waals surface area contributed by atoms with E-state index in [0.717, 1.165) is 32.5 Å². The first-order chi connectivity index (χ1) is 8.72. The molecule has 1 aliphatic heterocycles. The number of aryl methyl sites for hydroxylation is 1. The Hall–Kier alpha value is -0.930. The van der Waals surface area contributed by atoms with Crippen LogP contribution in [0.25, 0.3) is 0 Å². The monoisotopic (exact) mass is 248 g/mol. The number of likely N-dealkylation sites (tertiary alicyclic amines) is 1. The van der Waals surface area contributed by atoms with Crippen LogP contribution in [0, 0.1) is 0 Å². The minimum atomic E-state index is -0.584. The summed E-state index contributed by atoms with van der Waals surface area (Å²) in [5.74, 6) is 0. The summed E-state index contributed by atoms with van der Waals surface area (Å²) in [6, 6.07) is 6.90. The van der Waals surface area contributed by atoms with Gasteiger partial charge in [-0.1, -0.05) is 18.2 Å². The van der Waals surface area contributed by atoms with Crippen LogP contribution in [0.15, 0.2) is 18.2 Å². The molecule has 98 valence electrons. The van der Waals surface area contributed by atoms with Crippen molar-refractivity contribution in [3.05, 3.63) is 34.9 Å². The molecule has 1 saturated heterocycles. The Kier molecular flexibility index (Phi) is 3.35. The second-order valence-corrected chi connectivity index (χ2v) is 5.63. The predicted octanol–water partition coefficient (Wildman–Crippen LogP) is 2.57. The molecule has 0 amide bonds. The largest absolute Gasteiger partial charge is 0.324 e. The highest BCUT2D eigenvalue weighted by Gasteiger charge is 2.21. The number of benzene rings is 1. The summed E-state index contributed by atoms with van der Waals surface area (Å²) < 4.78 is 13.1. The van der Waals surface area contributed by atoms with E-state index in [2.05, 4.69) is 23.1 Å². The zero-order chi connectivity index (χ0) is 12.5. The quantitative estimate of drug-likeness (QED) is 0.871. The molecule has 2 aliphatic rings. The van der Waals surface area contributed by atoms with E-state index in [1.165, 1.54) is 16.7 Å². The molecule has 2 N–H and O–H groups in total. The molecule has 1 aliphatic carbocycles. The second kappa shape index (κ2) is 4.98. The van der Waals surface area contributed by atoms with Gasteiger partial charge in [0.2, 0.25) is 0 Å². The van der Waals surface area contributed by atoms with Gasteiger partial charge in [-0.25, -0.2) is 4.39 Å². The smallest absolute Gasteiger partial charge is 0.103 e. The average Bonchev–Trinajstić information content (AvgIpc) is 2.74. The highest BCUT2D eigenvalue weighted by molar-refractivity contribution is 5.37. The number of hydrogen-bond acceptors (Lipinski definition) is 2. The van der Waals surface area contributed by atoms with E-state index >= 15 is 0 Å². The van der Waals surface area contributed by atoms with E-state index in [9.17, 15) is 4.39 Å². The van der Waals surface area contributed by atoms with Crippen molar-refractivity contribution in [2.45, 2.75) is 44.4 Å². The lowest BCUT2D eigenvalue weighted by Crippen LogP contribution is -2.33. The maximum absolute atomic E-state index is 13.1. The number of alkyl halides is 1. The normalized spacial score (nSPS) is 25.3. The molecule has 3 rings (SSSR count). The molecule has 0 radical (unpaired) electrons. The zero-order valence-corrected chi connectivity index (χ0v) is 10.7. The molecule has 1 aromatic rings. The van der Waals surface area contributed by atoms with E-state index in [0.29, 0.717) is 12.8 Å². The molecule has 18 heavy (non-hydrogen) atoms. The lowest BCUT2D eigenvalue weighted by Gasteiger charge is -2.28. The number of rotatable bonds is 2. The first kappa shape index (κ1) is 12.1. The molecule has 1 heterocycles. The summed E-state index contributed by atoms with van der Waals surface area (Å²) in [7, 11) is 0. The fraction of sp³-hybridized carbons (Fsp3) is 0.600. The van der Waals surface area contributed by atoms with Gasteiger partial charge in [-0.05, 0) is 42.4 Å². The lowest BCUT2D eigenvalue weighted by atomic mass is 10.0. The SMILES string of the molecule is NC1CCc2cc(CN3CCC(F)CC3)ccc21. The van der Waals surface area contributed by atoms with E-state index < -0.39 is 6.17 Å². The summed E-state index contributed by atoms with van der Waals surface area (Å²) in [4.78, 5) is 2.35. The van der Waals surface area contributed by atoms with Crippen LogP contribution in [-0.4, -0.2) is 24.2 Å². The van der Waals surface area contributed by atoms with Gasteiger partial charge in [-0.3, -0.25) is 4.90 Å². The molecule has 1 atom stereocenters. The van der Waals surface area contributed by atoms with Crippen molar-refractivity contribution in [1.82, 2.24) is 4.90 Å². The maximum atomic E-state index is 13.1. The molecule has 1 aromatic carbocycles. The average molecular weight is 248 g/mol. The van der Waals surface area contributed by atoms with Gasteiger partial charge in [0.1, 0.15) is 6.17 Å². The maximum Gasteiger partial charge on any atom is 0.103 e. The predicted molar refractivity (Wildman–Crippen MR) is 71.1 cm³/mol. The van der Waals surface area contributed by atoms with Crippen molar-refractivity contribution in [2.75, 3.05) is 13.1 Å². The van der Waals surface area contributed by atoms with E-state index in [1.807, 2.05) is 0 Å². The Labute approximate surface area is 108 Å². The van der Waals surface area contributed by atoms with Crippen LogP contribution in [-0.2, 0) is 13.0 Å². The Balaban J connectivity index is 1.67. The Bertz CT molecular complexity index is 425. The Morgan fingerprint density at radius 2 is 2.00 bits per heavy atom. The summed E-state index contributed by atoms with van der Waals surface area (Å²) in [5, 5.41) is 0. The van der Waals surface area contributed by atoms with Crippen LogP contribution in [0.4, 0.5) is 4.39 Å². The molecular formula is C15H21FN2. The minimum Gasteiger partial charge on any atom is -0.324 e. The number of halogens is 1. The second-order valence-electron chi connectivity index (χ2n) is 5.63. The van der Waals surface area contributed by atoms with Gasteiger partial charge in [0.05, 0.1) is 0 Å². The highest BCUT2D eigenvalue weighted by atomic mass is 19.1. The molecule has 0 bridgehead atoms. The summed E-state index contributed by atoms with van der Waals surface area (Å²) in [6.45, 7) is 2.73. The van der Waals surface area contributed by atoms with Crippen LogP contribution >= 0.6 is 0 Å². The molecular weight excluding hydrogens is 227 g/mol. The number of nitrogens with two attached hydrogens (primary N) is 1. The molecule has 1 unspecified atom stereocenters. The van der Waals surface area contributed by atoms with Crippen LogP contribution in [0.1, 0.15) is 42.0 Å². The van der Waals surface area contributed by atoms with Gasteiger partial charge < -0.3 is 5.73 Å². The van der Waals surface area contributed by atoms with E-state index in [-0.39, 0.29) is 6.04 Å². The summed E-state index contributed by atoms with van der Waals surface area (Å²) in [5.41, 5.74) is 10.1. The van der Waals surface area contributed by atoms with Crippen molar-refractivity contribution in [3.63, 3.8) is 0 Å². The molecule has 0 saturated carbocycles. The number of fused-ring (bicyclic) bond motifs is 1. The van der Waals surface area contributed by atoms with Gasteiger partial charge in [0.15, 0.2) is 0 Å². The molecule has 3 heteroatoms. The molecule has 2 nitrogen and oxygen atoms in total. The van der Waals surface area contributed by atoms with Crippen LogP contribution < -0.4 is 5.73 Å². The molecule has 0 spiro atoms. The third kappa shape index (κ3) is 2.43. The van der Waals surface area contributed by atoms with Gasteiger partial charge in [0.25, 0.3) is 0 Å². The minimum absolute atomic E-state index is 0.233. The first-order valence-electron chi connectivity index (χ1n) is 6.96. The van der Waals surface area contributed by atoms with Gasteiger partial charge in [0, 0.05) is 25.7 Å². The molecule has 1 fully saturated rings. The third-order valence-corrected chi connectivity index (χ3v) is 4.25. The van der Waals surface area contributed by atoms with Crippen LogP contribution in [0.2, 0.25) is 0 Å². The zero-order valence-electron chi connectivity index (χ0n) is 10.7. The summed E-state index contributed by atoms with van der Waals surface area (Å²) >= 11 is 0. The van der Waals surface area contributed by atoms with Crippen molar-refractivity contribution in [1.29, 1.82) is 0 Å². The fourth-order valence-electron chi connectivity index (χ4n) is 3.12. The van der Waals surface area contributed by atoms with Crippen molar-refractivity contribution < 1.29 is 4.39 Å². The standard InChI is InChI=1S/C15H21FN2/c16-13-5-7-18(8-6-13)10-11-1-3-14-12(9-11)2-4-15(14)17/h1,3,9,13,15H,2,4-8,10,17H2. The lowest BCUT2D eigenvalue weighted by molar-refractivity contribution is 0.145. The van der Waals surface area contributed by atoms with Gasteiger partial charge >= 0.3 is 0 Å². The van der Waals surface area contributed by atoms with Gasteiger partial charge in [-0.2, -0.15) is 0 Å². The molecule has 0 aromatic heterocycles. The van der Waals surface area contributed by atoms with Crippen molar-refractivity contribution in [2.24, 2.45) is 5.73 Å². The van der Waals surface area contributed by atoms with Crippen molar-refractivity contribution in [3.8, 4) is 0 Å². The van der Waals surface area contributed by atoms with Crippen molar-refractivity contribution >= 4 is 0 Å². The first-order valence-corrected chi connectivity index (χ1v) is 6.96. The number of nitrogens with zero attached hydrogens (tertiary/aromatic N) is 1.